The summed E-state index contributed by atoms with van der Waals surface area (Å²) in [6, 6.07) is 0. The van der Waals surface area contributed by atoms with Gasteiger partial charge in [-0.05, 0) is 12.8 Å². The van der Waals surface area contributed by atoms with Crippen LogP contribution in [0.2, 0.25) is 0 Å². The van der Waals surface area contributed by atoms with Crippen LogP contribution in [-0.2, 0) is 0 Å². The minimum atomic E-state index is 0.223. The molecule has 0 aliphatic carbocycles. The predicted molar refractivity (Wildman–Crippen MR) is 48.7 cm³/mol. The maximum Gasteiger partial charge on any atom is 0.0443 e. The molecule has 3 N–H and O–H groups in total. The average Bonchev–Trinajstić information content (AvgIpc) is 2.10. The Bertz CT molecular complexity index is 83.1. The van der Waals surface area contributed by atoms with Crippen molar-refractivity contribution in [1.29, 1.82) is 0 Å². The van der Waals surface area contributed by atoms with E-state index in [2.05, 4.69) is 5.43 Å². The minimum Gasteiger partial charge on any atom is -0.396 e. The second-order valence-electron chi connectivity index (χ2n) is 2.65. The van der Waals surface area contributed by atoms with Gasteiger partial charge in [0.15, 0.2) is 0 Å². The Morgan fingerprint density at radius 1 is 1.08 bits per heavy atom. The fraction of sp³-hybridized carbons (Fsp3) is 1.00. The molecule has 0 aromatic heterocycles. The maximum absolute atomic E-state index is 8.60. The number of aliphatic hydroxyl groups excluding tert-OH is 2. The third-order valence-corrected chi connectivity index (χ3v) is 1.55. The lowest BCUT2D eigenvalue weighted by Crippen LogP contribution is -2.39. The molecule has 4 nitrogen and oxygen atoms in total. The lowest BCUT2D eigenvalue weighted by Gasteiger charge is -2.21. The second kappa shape index (κ2) is 8.93. The Morgan fingerprint density at radius 2 is 1.58 bits per heavy atom. The molecule has 74 valence electrons. The van der Waals surface area contributed by atoms with Crippen LogP contribution in [0.4, 0.5) is 0 Å². The molecular formula is C8H20N2O2. The Balaban J connectivity index is 3.40. The molecule has 0 aromatic carbocycles. The molecule has 0 radical (unpaired) electrons. The van der Waals surface area contributed by atoms with Crippen LogP contribution in [0.5, 0.6) is 0 Å². The summed E-state index contributed by atoms with van der Waals surface area (Å²) in [4.78, 5) is 0. The highest BCUT2D eigenvalue weighted by Gasteiger charge is 2.00. The van der Waals surface area contributed by atoms with E-state index in [9.17, 15) is 0 Å². The molecule has 0 saturated carbocycles. The molecule has 0 saturated heterocycles. The number of hydrogen-bond acceptors (Lipinski definition) is 4. The van der Waals surface area contributed by atoms with Gasteiger partial charge >= 0.3 is 0 Å². The van der Waals surface area contributed by atoms with E-state index < -0.39 is 0 Å². The minimum absolute atomic E-state index is 0.223. The highest BCUT2D eigenvalue weighted by molar-refractivity contribution is 4.51. The van der Waals surface area contributed by atoms with Crippen molar-refractivity contribution in [3.8, 4) is 0 Å². The van der Waals surface area contributed by atoms with E-state index in [4.69, 9.17) is 10.2 Å². The average molecular weight is 176 g/mol. The highest BCUT2D eigenvalue weighted by atomic mass is 16.3. The number of hydrazine groups is 1. The molecule has 0 fully saturated rings. The second-order valence-corrected chi connectivity index (χ2v) is 2.65. The van der Waals surface area contributed by atoms with Crippen LogP contribution in [0.1, 0.15) is 19.8 Å². The Labute approximate surface area is 74.2 Å². The molecule has 0 aliphatic heterocycles. The standard InChI is InChI=1S/C8H20N2O2/c1-2-9-10(5-3-7-11)6-4-8-12/h9,11-12H,2-8H2,1H3. The molecule has 0 atom stereocenters. The maximum atomic E-state index is 8.60. The van der Waals surface area contributed by atoms with Crippen molar-refractivity contribution in [1.82, 2.24) is 10.4 Å². The lowest BCUT2D eigenvalue weighted by atomic mass is 10.4. The van der Waals surface area contributed by atoms with E-state index in [1.807, 2.05) is 11.9 Å². The molecule has 0 aliphatic rings. The number of rotatable bonds is 8. The zero-order chi connectivity index (χ0) is 9.23. The quantitative estimate of drug-likeness (QED) is 0.440. The summed E-state index contributed by atoms with van der Waals surface area (Å²) in [6.07, 6.45) is 1.55. The van der Waals surface area contributed by atoms with Gasteiger partial charge in [0.2, 0.25) is 0 Å². The summed E-state index contributed by atoms with van der Waals surface area (Å²) in [7, 11) is 0. The first kappa shape index (κ1) is 11.8. The van der Waals surface area contributed by atoms with Crippen LogP contribution in [-0.4, -0.2) is 48.1 Å². The van der Waals surface area contributed by atoms with Gasteiger partial charge in [0.05, 0.1) is 0 Å². The van der Waals surface area contributed by atoms with Gasteiger partial charge in [-0.2, -0.15) is 0 Å². The van der Waals surface area contributed by atoms with Gasteiger partial charge in [-0.1, -0.05) is 6.92 Å². The van der Waals surface area contributed by atoms with Crippen molar-refractivity contribution in [2.75, 3.05) is 32.8 Å². The van der Waals surface area contributed by atoms with Crippen LogP contribution in [0.15, 0.2) is 0 Å². The van der Waals surface area contributed by atoms with Crippen LogP contribution in [0.3, 0.4) is 0 Å². The zero-order valence-corrected chi connectivity index (χ0v) is 7.79. The molecule has 0 spiro atoms. The molecule has 0 amide bonds. The smallest absolute Gasteiger partial charge is 0.0443 e. The first-order valence-corrected chi connectivity index (χ1v) is 4.55. The largest absolute Gasteiger partial charge is 0.396 e. The van der Waals surface area contributed by atoms with Crippen molar-refractivity contribution in [2.45, 2.75) is 19.8 Å². The summed E-state index contributed by atoms with van der Waals surface area (Å²) in [5.41, 5.74) is 3.16. The first-order valence-electron chi connectivity index (χ1n) is 4.55. The summed E-state index contributed by atoms with van der Waals surface area (Å²) in [5.74, 6) is 0. The van der Waals surface area contributed by atoms with Gasteiger partial charge in [0.25, 0.3) is 0 Å². The first-order chi connectivity index (χ1) is 5.85. The normalized spacial score (nSPS) is 11.0. The van der Waals surface area contributed by atoms with Gasteiger partial charge in [0, 0.05) is 32.8 Å². The molecule has 0 unspecified atom stereocenters. The molecule has 0 heterocycles. The zero-order valence-electron chi connectivity index (χ0n) is 7.79. The van der Waals surface area contributed by atoms with Crippen molar-refractivity contribution in [2.24, 2.45) is 0 Å². The van der Waals surface area contributed by atoms with Crippen LogP contribution in [0, 0.1) is 0 Å². The summed E-state index contributed by atoms with van der Waals surface area (Å²) >= 11 is 0. The van der Waals surface area contributed by atoms with Crippen LogP contribution < -0.4 is 5.43 Å². The van der Waals surface area contributed by atoms with Crippen molar-refractivity contribution >= 4 is 0 Å². The van der Waals surface area contributed by atoms with E-state index in [1.165, 1.54) is 0 Å². The van der Waals surface area contributed by atoms with Gasteiger partial charge in [-0.25, -0.2) is 5.01 Å². The third kappa shape index (κ3) is 6.54. The number of nitrogens with one attached hydrogen (secondary N) is 1. The molecule has 0 aromatic rings. The van der Waals surface area contributed by atoms with E-state index >= 15 is 0 Å². The lowest BCUT2D eigenvalue weighted by molar-refractivity contribution is 0.153. The predicted octanol–water partition coefficient (Wildman–Crippen LogP) is -0.422. The summed E-state index contributed by atoms with van der Waals surface area (Å²) < 4.78 is 0. The van der Waals surface area contributed by atoms with Crippen LogP contribution in [0.25, 0.3) is 0 Å². The molecule has 0 rings (SSSR count). The summed E-state index contributed by atoms with van der Waals surface area (Å²) in [6.45, 7) is 5.04. The fourth-order valence-corrected chi connectivity index (χ4v) is 1.02. The molecule has 0 bridgehead atoms. The monoisotopic (exact) mass is 176 g/mol. The number of hydrogen-bond donors (Lipinski definition) is 3. The third-order valence-electron chi connectivity index (χ3n) is 1.55. The van der Waals surface area contributed by atoms with Crippen LogP contribution >= 0.6 is 0 Å². The van der Waals surface area contributed by atoms with Gasteiger partial charge in [-0.3, -0.25) is 5.43 Å². The molecule has 12 heavy (non-hydrogen) atoms. The summed E-state index contributed by atoms with van der Waals surface area (Å²) in [5, 5.41) is 19.2. The Morgan fingerprint density at radius 3 is 1.92 bits per heavy atom. The Hall–Kier alpha value is -0.160. The van der Waals surface area contributed by atoms with E-state index in [-0.39, 0.29) is 13.2 Å². The topological polar surface area (TPSA) is 55.7 Å². The Kier molecular flexibility index (Phi) is 8.81. The number of aliphatic hydroxyl groups is 2. The molecule has 4 heteroatoms. The van der Waals surface area contributed by atoms with E-state index in [0.717, 1.165) is 32.5 Å². The van der Waals surface area contributed by atoms with E-state index in [1.54, 1.807) is 0 Å². The van der Waals surface area contributed by atoms with Crippen molar-refractivity contribution < 1.29 is 10.2 Å². The van der Waals surface area contributed by atoms with Crippen molar-refractivity contribution in [3.05, 3.63) is 0 Å². The fourth-order valence-electron chi connectivity index (χ4n) is 1.02. The molecular weight excluding hydrogens is 156 g/mol. The highest BCUT2D eigenvalue weighted by Crippen LogP contribution is 1.89. The van der Waals surface area contributed by atoms with Gasteiger partial charge in [0.1, 0.15) is 0 Å². The van der Waals surface area contributed by atoms with Gasteiger partial charge in [-0.15, -0.1) is 0 Å². The van der Waals surface area contributed by atoms with Crippen molar-refractivity contribution in [3.63, 3.8) is 0 Å². The van der Waals surface area contributed by atoms with E-state index in [0.29, 0.717) is 0 Å². The SMILES string of the molecule is CCNN(CCCO)CCCO. The van der Waals surface area contributed by atoms with Gasteiger partial charge < -0.3 is 10.2 Å². The number of nitrogens with zero attached hydrogens (tertiary/aromatic N) is 1.